The van der Waals surface area contributed by atoms with Crippen LogP contribution < -0.4 is 0 Å². The molecule has 0 bridgehead atoms. The van der Waals surface area contributed by atoms with Gasteiger partial charge in [-0.1, -0.05) is 0 Å². The largest absolute Gasteiger partial charge is 0.288 e. The van der Waals surface area contributed by atoms with Crippen molar-refractivity contribution in [3.63, 3.8) is 0 Å². The fourth-order valence-corrected chi connectivity index (χ4v) is 0.0623. The van der Waals surface area contributed by atoms with Gasteiger partial charge in [0.1, 0.15) is 0 Å². The molecule has 0 aliphatic rings. The fraction of sp³-hybridized carbons (Fsp3) is 0.500. The molecule has 0 unspecified atom stereocenters. The van der Waals surface area contributed by atoms with Crippen molar-refractivity contribution >= 4 is 6.29 Å². The van der Waals surface area contributed by atoms with E-state index < -0.39 is 6.29 Å². The molecule has 0 aromatic rings. The van der Waals surface area contributed by atoms with Gasteiger partial charge >= 0.3 is 0 Å². The van der Waals surface area contributed by atoms with Crippen molar-refractivity contribution in [3.05, 3.63) is 0 Å². The molecule has 1 radical (unpaired) electrons. The van der Waals surface area contributed by atoms with E-state index in [0.29, 0.717) is 0 Å². The molecule has 0 amide bonds. The maximum absolute atomic E-state index is 9.27. The molecule has 0 rings (SSSR count). The van der Waals surface area contributed by atoms with Gasteiger partial charge in [0, 0.05) is 0 Å². The second-order valence-electron chi connectivity index (χ2n) is 0.661. The Morgan fingerprint density at radius 3 is 1.86 bits per heavy atom. The zero-order valence-corrected chi connectivity index (χ0v) is 3.20. The van der Waals surface area contributed by atoms with Crippen LogP contribution in [-0.2, 0) is 14.6 Å². The molecule has 0 fully saturated rings. The molecule has 0 aromatic heterocycles. The quantitative estimate of drug-likeness (QED) is 0.286. The number of rotatable bonds is 3. The maximum Gasteiger partial charge on any atom is 0.288 e. The van der Waals surface area contributed by atoms with Crippen molar-refractivity contribution in [2.24, 2.45) is 0 Å². The highest BCUT2D eigenvalue weighted by Crippen LogP contribution is 1.80. The Bertz CT molecular complexity index is 48.0. The smallest absolute Gasteiger partial charge is 0.285 e. The van der Waals surface area contributed by atoms with Crippen LogP contribution in [0.3, 0.4) is 0 Å². The summed E-state index contributed by atoms with van der Waals surface area (Å²) in [7, 11) is 0. The van der Waals surface area contributed by atoms with Gasteiger partial charge < -0.3 is 0 Å². The molecule has 5 heteroatoms. The van der Waals surface area contributed by atoms with E-state index in [-0.39, 0.29) is 0 Å². The highest BCUT2D eigenvalue weighted by atomic mass is 17.2. The lowest BCUT2D eigenvalue weighted by Gasteiger charge is -1.95. The minimum atomic E-state index is -1.71. The third kappa shape index (κ3) is 2.24. The van der Waals surface area contributed by atoms with E-state index >= 15 is 0 Å². The average Bonchev–Trinajstić information content (AvgIpc) is 1.72. The van der Waals surface area contributed by atoms with Gasteiger partial charge in [-0.2, -0.15) is 9.78 Å². The lowest BCUT2D eigenvalue weighted by molar-refractivity contribution is -0.407. The Kier molecular flexibility index (Phi) is 3.43. The fourth-order valence-electron chi connectivity index (χ4n) is 0.0623. The minimum absolute atomic E-state index is 1.01. The minimum Gasteiger partial charge on any atom is -0.285 e. The zero-order chi connectivity index (χ0) is 5.70. The molecule has 0 aliphatic carbocycles. The summed E-state index contributed by atoms with van der Waals surface area (Å²) in [5, 5.41) is 15.0. The van der Waals surface area contributed by atoms with Crippen LogP contribution in [0.25, 0.3) is 0 Å². The molecule has 0 aromatic carbocycles. The average molecular weight is 107 g/mol. The molecule has 41 valence electrons. The first-order valence-electron chi connectivity index (χ1n) is 1.33. The molecule has 0 saturated heterocycles. The summed E-state index contributed by atoms with van der Waals surface area (Å²) in [5.41, 5.74) is 0. The number of carbonyl (C=O) groups excluding carboxylic acids is 1. The first-order chi connectivity index (χ1) is 3.35. The van der Waals surface area contributed by atoms with Gasteiger partial charge in [-0.3, -0.25) is 4.79 Å². The Morgan fingerprint density at radius 2 is 1.86 bits per heavy atom. The van der Waals surface area contributed by atoms with Crippen LogP contribution in [0, 0.1) is 0 Å². The van der Waals surface area contributed by atoms with Crippen LogP contribution in [0.5, 0.6) is 0 Å². The maximum atomic E-state index is 9.27. The van der Waals surface area contributed by atoms with Crippen LogP contribution >= 0.6 is 0 Å². The van der Waals surface area contributed by atoms with Crippen molar-refractivity contribution in [3.8, 4) is 0 Å². The van der Waals surface area contributed by atoms with Crippen LogP contribution in [0.2, 0.25) is 0 Å². The van der Waals surface area contributed by atoms with Gasteiger partial charge in [0.05, 0.1) is 0 Å². The van der Waals surface area contributed by atoms with Gasteiger partial charge in [-0.05, 0) is 0 Å². The molecule has 0 heterocycles. The SMILES string of the molecule is O=[C]C(OO)OO. The molecule has 5 nitrogen and oxygen atoms in total. The summed E-state index contributed by atoms with van der Waals surface area (Å²) in [5.74, 6) is 0. The van der Waals surface area contributed by atoms with E-state index in [9.17, 15) is 4.79 Å². The van der Waals surface area contributed by atoms with E-state index in [1.54, 1.807) is 0 Å². The van der Waals surface area contributed by atoms with Crippen molar-refractivity contribution in [2.45, 2.75) is 6.29 Å². The Labute approximate surface area is 38.9 Å². The van der Waals surface area contributed by atoms with Crippen LogP contribution in [0.1, 0.15) is 0 Å². The van der Waals surface area contributed by atoms with Crippen LogP contribution in [0.15, 0.2) is 0 Å². The molecule has 0 saturated carbocycles. The molecule has 0 spiro atoms. The highest BCUT2D eigenvalue weighted by Gasteiger charge is 2.04. The second-order valence-corrected chi connectivity index (χ2v) is 0.661. The topological polar surface area (TPSA) is 76.0 Å². The molecule has 0 aliphatic heterocycles. The second kappa shape index (κ2) is 3.69. The van der Waals surface area contributed by atoms with E-state index in [1.165, 1.54) is 0 Å². The molecule has 0 atom stereocenters. The summed E-state index contributed by atoms with van der Waals surface area (Å²) < 4.78 is 0. The standard InChI is InChI=1S/C2H3O5/c3-1-2(6-4)7-5/h2,4-5H. The van der Waals surface area contributed by atoms with Crippen molar-refractivity contribution in [1.82, 2.24) is 0 Å². The Balaban J connectivity index is 3.16. The lowest BCUT2D eigenvalue weighted by Crippen LogP contribution is -2.14. The summed E-state index contributed by atoms with van der Waals surface area (Å²) in [6.07, 6.45) is -0.701. The molecule has 7 heavy (non-hydrogen) atoms. The van der Waals surface area contributed by atoms with Gasteiger partial charge in [-0.15, -0.1) is 0 Å². The van der Waals surface area contributed by atoms with E-state index in [1.807, 2.05) is 0 Å². The molecular formula is C2H3O5. The van der Waals surface area contributed by atoms with Crippen LogP contribution in [-0.4, -0.2) is 23.1 Å². The monoisotopic (exact) mass is 107 g/mol. The number of hydrogen-bond acceptors (Lipinski definition) is 5. The first-order valence-corrected chi connectivity index (χ1v) is 1.33. The van der Waals surface area contributed by atoms with Gasteiger partial charge in [0.2, 0.25) is 0 Å². The van der Waals surface area contributed by atoms with Crippen molar-refractivity contribution < 1.29 is 25.1 Å². The molecular weight excluding hydrogens is 104 g/mol. The lowest BCUT2D eigenvalue weighted by atomic mass is 10.8. The Hall–Kier alpha value is -0.490. The highest BCUT2D eigenvalue weighted by molar-refractivity contribution is 5.54. The van der Waals surface area contributed by atoms with E-state index in [2.05, 4.69) is 9.78 Å². The van der Waals surface area contributed by atoms with Gasteiger partial charge in [0.25, 0.3) is 12.6 Å². The zero-order valence-electron chi connectivity index (χ0n) is 3.20. The molecule has 2 N–H and O–H groups in total. The summed E-state index contributed by atoms with van der Waals surface area (Å²) in [6.45, 7) is 0. The van der Waals surface area contributed by atoms with Crippen LogP contribution in [0.4, 0.5) is 0 Å². The predicted octanol–water partition coefficient (Wildman–Crippen LogP) is -0.599. The first kappa shape index (κ1) is 6.51. The summed E-state index contributed by atoms with van der Waals surface area (Å²) in [6, 6.07) is 0. The summed E-state index contributed by atoms with van der Waals surface area (Å²) in [4.78, 5) is 15.6. The van der Waals surface area contributed by atoms with Gasteiger partial charge in [-0.25, -0.2) is 10.5 Å². The number of hydrogen-bond donors (Lipinski definition) is 2. The Morgan fingerprint density at radius 1 is 1.43 bits per heavy atom. The van der Waals surface area contributed by atoms with Crippen molar-refractivity contribution in [1.29, 1.82) is 0 Å². The van der Waals surface area contributed by atoms with Gasteiger partial charge in [0.15, 0.2) is 0 Å². The van der Waals surface area contributed by atoms with E-state index in [0.717, 1.165) is 6.29 Å². The van der Waals surface area contributed by atoms with Crippen molar-refractivity contribution in [2.75, 3.05) is 0 Å². The third-order valence-corrected chi connectivity index (χ3v) is 0.288. The normalized spacial score (nSPS) is 9.57. The predicted molar refractivity (Wildman–Crippen MR) is 16.9 cm³/mol. The summed E-state index contributed by atoms with van der Waals surface area (Å²) >= 11 is 0. The third-order valence-electron chi connectivity index (χ3n) is 0.288. The van der Waals surface area contributed by atoms with E-state index in [4.69, 9.17) is 10.5 Å².